The zero-order chi connectivity index (χ0) is 18.1. The molecule has 0 amide bonds. The van der Waals surface area contributed by atoms with Crippen LogP contribution in [-0.4, -0.2) is 40.0 Å². The van der Waals surface area contributed by atoms with Crippen molar-refractivity contribution in [3.05, 3.63) is 41.9 Å². The monoisotopic (exact) mass is 374 g/mol. The number of fused-ring (bicyclic) bond motifs is 1. The van der Waals surface area contributed by atoms with Crippen molar-refractivity contribution in [3.8, 4) is 17.3 Å². The van der Waals surface area contributed by atoms with E-state index in [1.54, 1.807) is 4.68 Å². The quantitative estimate of drug-likeness (QED) is 0.694. The van der Waals surface area contributed by atoms with Gasteiger partial charge in [-0.3, -0.25) is 5.10 Å². The predicted octanol–water partition coefficient (Wildman–Crippen LogP) is 1.24. The Bertz CT molecular complexity index is 1040. The molecule has 1 aliphatic rings. The maximum absolute atomic E-state index is 12.6. The predicted molar refractivity (Wildman–Crippen MR) is 92.9 cm³/mol. The highest BCUT2D eigenvalue weighted by molar-refractivity contribution is 7.89. The van der Waals surface area contributed by atoms with E-state index in [-0.39, 0.29) is 11.4 Å². The van der Waals surface area contributed by atoms with Gasteiger partial charge in [-0.15, -0.1) is 0 Å². The minimum absolute atomic E-state index is 0.0675. The van der Waals surface area contributed by atoms with E-state index in [0.717, 1.165) is 23.4 Å². The van der Waals surface area contributed by atoms with Crippen LogP contribution >= 0.6 is 0 Å². The number of nitrogens with one attached hydrogen (secondary N) is 2. The molecule has 1 aliphatic heterocycles. The number of hydrogen-bond acceptors (Lipinski definition) is 6. The zero-order valence-electron chi connectivity index (χ0n) is 14.1. The standard InChI is InChI=1S/C16H18N6O3S/c1-11-19-15(21-20-11)13-5-2-4-12(8-13)9-18-26(23,24)14-10-17-22-6-3-7-25-16(14)22/h2,4-5,8,10,18H,3,6-7,9H2,1H3,(H,19,20,21). The second-order valence-electron chi connectivity index (χ2n) is 6.01. The fourth-order valence-electron chi connectivity index (χ4n) is 2.78. The minimum Gasteiger partial charge on any atom is -0.477 e. The Hall–Kier alpha value is -2.72. The lowest BCUT2D eigenvalue weighted by atomic mass is 10.1. The lowest BCUT2D eigenvalue weighted by Gasteiger charge is -2.16. The summed E-state index contributed by atoms with van der Waals surface area (Å²) in [5.74, 6) is 1.59. The lowest BCUT2D eigenvalue weighted by molar-refractivity contribution is 0.224. The molecule has 0 atom stereocenters. The van der Waals surface area contributed by atoms with Crippen LogP contribution in [0.4, 0.5) is 0 Å². The second kappa shape index (κ2) is 6.54. The Kier molecular flexibility index (Phi) is 4.21. The molecule has 4 rings (SSSR count). The van der Waals surface area contributed by atoms with E-state index in [0.29, 0.717) is 24.9 Å². The molecule has 0 aliphatic carbocycles. The molecule has 26 heavy (non-hydrogen) atoms. The maximum Gasteiger partial charge on any atom is 0.247 e. The number of nitrogens with zero attached hydrogens (tertiary/aromatic N) is 4. The first-order chi connectivity index (χ1) is 12.5. The van der Waals surface area contributed by atoms with Crippen LogP contribution in [0.2, 0.25) is 0 Å². The molecule has 10 heteroatoms. The van der Waals surface area contributed by atoms with Gasteiger partial charge in [-0.25, -0.2) is 22.8 Å². The zero-order valence-corrected chi connectivity index (χ0v) is 15.0. The van der Waals surface area contributed by atoms with Crippen molar-refractivity contribution >= 4 is 10.0 Å². The van der Waals surface area contributed by atoms with E-state index < -0.39 is 10.0 Å². The van der Waals surface area contributed by atoms with Crippen molar-refractivity contribution in [1.82, 2.24) is 29.7 Å². The summed E-state index contributed by atoms with van der Waals surface area (Å²) in [6.07, 6.45) is 2.14. The molecule has 0 unspecified atom stereocenters. The molecule has 2 N–H and O–H groups in total. The van der Waals surface area contributed by atoms with Crippen molar-refractivity contribution in [2.75, 3.05) is 6.61 Å². The van der Waals surface area contributed by atoms with Crippen LogP contribution in [-0.2, 0) is 23.1 Å². The molecule has 0 bridgehead atoms. The van der Waals surface area contributed by atoms with Crippen LogP contribution in [0.25, 0.3) is 11.4 Å². The normalized spacial score (nSPS) is 14.0. The molecular weight excluding hydrogens is 356 g/mol. The van der Waals surface area contributed by atoms with Crippen LogP contribution in [0.3, 0.4) is 0 Å². The highest BCUT2D eigenvalue weighted by atomic mass is 32.2. The average Bonchev–Trinajstić information content (AvgIpc) is 3.27. The van der Waals surface area contributed by atoms with Crippen molar-refractivity contribution in [2.24, 2.45) is 0 Å². The SMILES string of the molecule is Cc1nc(-c2cccc(CNS(=O)(=O)c3cnn4c3OCCC4)c2)n[nH]1. The molecule has 136 valence electrons. The Labute approximate surface area is 150 Å². The van der Waals surface area contributed by atoms with Crippen LogP contribution in [0, 0.1) is 6.92 Å². The van der Waals surface area contributed by atoms with Crippen LogP contribution in [0.1, 0.15) is 17.8 Å². The molecule has 9 nitrogen and oxygen atoms in total. The van der Waals surface area contributed by atoms with Crippen molar-refractivity contribution in [3.63, 3.8) is 0 Å². The molecule has 0 radical (unpaired) electrons. The molecule has 0 spiro atoms. The Morgan fingerprint density at radius 3 is 3.08 bits per heavy atom. The Balaban J connectivity index is 1.53. The Morgan fingerprint density at radius 1 is 1.38 bits per heavy atom. The third-order valence-corrected chi connectivity index (χ3v) is 5.43. The van der Waals surface area contributed by atoms with Gasteiger partial charge in [0.1, 0.15) is 5.82 Å². The van der Waals surface area contributed by atoms with Crippen LogP contribution in [0.15, 0.2) is 35.4 Å². The highest BCUT2D eigenvalue weighted by Gasteiger charge is 2.26. The van der Waals surface area contributed by atoms with E-state index in [2.05, 4.69) is 25.0 Å². The highest BCUT2D eigenvalue weighted by Crippen LogP contribution is 2.26. The maximum atomic E-state index is 12.6. The van der Waals surface area contributed by atoms with E-state index in [1.807, 2.05) is 31.2 Å². The van der Waals surface area contributed by atoms with Crippen LogP contribution < -0.4 is 9.46 Å². The van der Waals surface area contributed by atoms with E-state index in [4.69, 9.17) is 4.74 Å². The summed E-state index contributed by atoms with van der Waals surface area (Å²) in [6, 6.07) is 7.42. The van der Waals surface area contributed by atoms with Gasteiger partial charge in [-0.1, -0.05) is 18.2 Å². The summed E-state index contributed by atoms with van der Waals surface area (Å²) in [5.41, 5.74) is 1.62. The van der Waals surface area contributed by atoms with Gasteiger partial charge < -0.3 is 4.74 Å². The molecule has 1 aromatic carbocycles. The van der Waals surface area contributed by atoms with Gasteiger partial charge in [-0.05, 0) is 18.6 Å². The third-order valence-electron chi connectivity index (χ3n) is 4.05. The molecule has 3 aromatic rings. The van der Waals surface area contributed by atoms with Gasteiger partial charge in [0.05, 0.1) is 12.8 Å². The first-order valence-electron chi connectivity index (χ1n) is 8.19. The number of aromatic nitrogens is 5. The van der Waals surface area contributed by atoms with Gasteiger partial charge in [0, 0.05) is 25.1 Å². The summed E-state index contributed by atoms with van der Waals surface area (Å²) < 4.78 is 34.9. The summed E-state index contributed by atoms with van der Waals surface area (Å²) in [5, 5.41) is 11.0. The number of ether oxygens (including phenoxy) is 1. The molecular formula is C16H18N6O3S. The number of H-pyrrole nitrogens is 1. The summed E-state index contributed by atoms with van der Waals surface area (Å²) >= 11 is 0. The fraction of sp³-hybridized carbons (Fsp3) is 0.312. The average molecular weight is 374 g/mol. The molecule has 0 fully saturated rings. The summed E-state index contributed by atoms with van der Waals surface area (Å²) in [4.78, 5) is 4.35. The van der Waals surface area contributed by atoms with E-state index in [9.17, 15) is 8.42 Å². The van der Waals surface area contributed by atoms with Crippen molar-refractivity contribution in [1.29, 1.82) is 0 Å². The molecule has 2 aromatic heterocycles. The van der Waals surface area contributed by atoms with E-state index in [1.165, 1.54) is 6.20 Å². The minimum atomic E-state index is -3.73. The second-order valence-corrected chi connectivity index (χ2v) is 7.74. The van der Waals surface area contributed by atoms with Gasteiger partial charge in [0.2, 0.25) is 15.9 Å². The molecule has 3 heterocycles. The topological polar surface area (TPSA) is 115 Å². The smallest absolute Gasteiger partial charge is 0.247 e. The number of hydrogen-bond donors (Lipinski definition) is 2. The fourth-order valence-corrected chi connectivity index (χ4v) is 3.87. The first kappa shape index (κ1) is 16.7. The van der Waals surface area contributed by atoms with Gasteiger partial charge >= 0.3 is 0 Å². The van der Waals surface area contributed by atoms with Gasteiger partial charge in [-0.2, -0.15) is 10.2 Å². The number of aryl methyl sites for hydroxylation is 2. The van der Waals surface area contributed by atoms with E-state index >= 15 is 0 Å². The number of benzene rings is 1. The first-order valence-corrected chi connectivity index (χ1v) is 9.68. The number of sulfonamides is 1. The molecule has 0 saturated heterocycles. The van der Waals surface area contributed by atoms with Gasteiger partial charge in [0.25, 0.3) is 0 Å². The largest absolute Gasteiger partial charge is 0.477 e. The van der Waals surface area contributed by atoms with Crippen molar-refractivity contribution < 1.29 is 13.2 Å². The van der Waals surface area contributed by atoms with Crippen molar-refractivity contribution in [2.45, 2.75) is 31.3 Å². The van der Waals surface area contributed by atoms with Crippen LogP contribution in [0.5, 0.6) is 5.88 Å². The third kappa shape index (κ3) is 3.20. The summed E-state index contributed by atoms with van der Waals surface area (Å²) in [7, 11) is -3.73. The summed E-state index contributed by atoms with van der Waals surface area (Å²) in [6.45, 7) is 3.11. The number of rotatable bonds is 5. The lowest BCUT2D eigenvalue weighted by Crippen LogP contribution is -2.24. The molecule has 0 saturated carbocycles. The van der Waals surface area contributed by atoms with Gasteiger partial charge in [0.15, 0.2) is 10.7 Å². The number of aromatic amines is 1. The Morgan fingerprint density at radius 2 is 2.27 bits per heavy atom.